The second-order valence-electron chi connectivity index (χ2n) is 3.37. The zero-order chi connectivity index (χ0) is 8.91. The molecule has 0 aliphatic heterocycles. The van der Waals surface area contributed by atoms with E-state index in [0.29, 0.717) is 5.92 Å². The van der Waals surface area contributed by atoms with Gasteiger partial charge in [0.25, 0.3) is 0 Å². The minimum atomic E-state index is -0.502. The molecule has 0 saturated heterocycles. The number of hydrogen-bond donors (Lipinski definition) is 2. The average Bonchev–Trinajstić information content (AvgIpc) is 2.00. The Morgan fingerprint density at radius 3 is 2.27 bits per heavy atom. The Hall–Kier alpha value is -0.0800. The zero-order valence-electron chi connectivity index (χ0n) is 8.15. The molecule has 0 radical (unpaired) electrons. The van der Waals surface area contributed by atoms with Crippen molar-refractivity contribution in [1.29, 1.82) is 0 Å². The molecule has 0 rings (SSSR count). The lowest BCUT2D eigenvalue weighted by atomic mass is 9.85. The highest BCUT2D eigenvalue weighted by atomic mass is 16.3. The van der Waals surface area contributed by atoms with Crippen LogP contribution in [0.1, 0.15) is 33.6 Å². The number of rotatable bonds is 5. The van der Waals surface area contributed by atoms with E-state index in [1.54, 1.807) is 0 Å². The van der Waals surface area contributed by atoms with Crippen molar-refractivity contribution in [3.8, 4) is 0 Å². The second-order valence-corrected chi connectivity index (χ2v) is 3.37. The first-order valence-electron chi connectivity index (χ1n) is 4.45. The zero-order valence-corrected chi connectivity index (χ0v) is 8.15. The van der Waals surface area contributed by atoms with E-state index >= 15 is 0 Å². The first-order chi connectivity index (χ1) is 5.08. The summed E-state index contributed by atoms with van der Waals surface area (Å²) in [7, 11) is 1.92. The molecule has 0 amide bonds. The van der Waals surface area contributed by atoms with Crippen molar-refractivity contribution in [2.24, 2.45) is 5.92 Å². The van der Waals surface area contributed by atoms with Crippen LogP contribution in [0.5, 0.6) is 0 Å². The van der Waals surface area contributed by atoms with Gasteiger partial charge in [0.2, 0.25) is 0 Å². The largest absolute Gasteiger partial charge is 0.390 e. The predicted molar refractivity (Wildman–Crippen MR) is 48.6 cm³/mol. The Balaban J connectivity index is 3.99. The van der Waals surface area contributed by atoms with Gasteiger partial charge in [-0.15, -0.1) is 0 Å². The highest BCUT2D eigenvalue weighted by Gasteiger charge is 2.27. The number of aliphatic hydroxyl groups is 1. The molecule has 0 spiro atoms. The molecular formula is C9H21NO. The fourth-order valence-corrected chi connectivity index (χ4v) is 1.34. The molecule has 2 atom stereocenters. The first kappa shape index (κ1) is 10.9. The standard InChI is InChI=1S/C9H21NO/c1-5-8(7-10-4)9(3,11)6-2/h8,10-11H,5-7H2,1-4H3. The van der Waals surface area contributed by atoms with Crippen molar-refractivity contribution in [1.82, 2.24) is 5.32 Å². The van der Waals surface area contributed by atoms with Crippen LogP contribution in [-0.2, 0) is 0 Å². The van der Waals surface area contributed by atoms with Crippen LogP contribution < -0.4 is 5.32 Å². The maximum absolute atomic E-state index is 9.87. The molecule has 0 aromatic carbocycles. The van der Waals surface area contributed by atoms with Gasteiger partial charge in [-0.2, -0.15) is 0 Å². The van der Waals surface area contributed by atoms with Gasteiger partial charge in [0.05, 0.1) is 5.60 Å². The normalized spacial score (nSPS) is 19.4. The summed E-state index contributed by atoms with van der Waals surface area (Å²) < 4.78 is 0. The van der Waals surface area contributed by atoms with Gasteiger partial charge < -0.3 is 10.4 Å². The molecule has 0 bridgehead atoms. The lowest BCUT2D eigenvalue weighted by Crippen LogP contribution is -2.39. The van der Waals surface area contributed by atoms with Crippen molar-refractivity contribution >= 4 is 0 Å². The molecule has 68 valence electrons. The van der Waals surface area contributed by atoms with E-state index < -0.39 is 5.60 Å². The van der Waals surface area contributed by atoms with Crippen LogP contribution in [0.3, 0.4) is 0 Å². The maximum Gasteiger partial charge on any atom is 0.0657 e. The summed E-state index contributed by atoms with van der Waals surface area (Å²) >= 11 is 0. The predicted octanol–water partition coefficient (Wildman–Crippen LogP) is 1.39. The van der Waals surface area contributed by atoms with E-state index in [4.69, 9.17) is 0 Å². The van der Waals surface area contributed by atoms with Crippen molar-refractivity contribution in [3.63, 3.8) is 0 Å². The van der Waals surface area contributed by atoms with E-state index in [1.165, 1.54) is 0 Å². The molecule has 0 saturated carbocycles. The van der Waals surface area contributed by atoms with Gasteiger partial charge in [0.1, 0.15) is 0 Å². The summed E-state index contributed by atoms with van der Waals surface area (Å²) in [5, 5.41) is 13.0. The smallest absolute Gasteiger partial charge is 0.0657 e. The third-order valence-corrected chi connectivity index (χ3v) is 2.54. The molecule has 0 aromatic rings. The first-order valence-corrected chi connectivity index (χ1v) is 4.45. The van der Waals surface area contributed by atoms with Crippen LogP contribution in [0.15, 0.2) is 0 Å². The summed E-state index contributed by atoms with van der Waals surface area (Å²) in [6, 6.07) is 0. The topological polar surface area (TPSA) is 32.3 Å². The highest BCUT2D eigenvalue weighted by Crippen LogP contribution is 2.22. The fraction of sp³-hybridized carbons (Fsp3) is 1.00. The Kier molecular flexibility index (Phi) is 4.69. The van der Waals surface area contributed by atoms with E-state index in [-0.39, 0.29) is 0 Å². The lowest BCUT2D eigenvalue weighted by Gasteiger charge is -2.31. The van der Waals surface area contributed by atoms with E-state index in [2.05, 4.69) is 12.2 Å². The molecule has 0 aliphatic rings. The molecule has 2 unspecified atom stereocenters. The quantitative estimate of drug-likeness (QED) is 0.635. The minimum absolute atomic E-state index is 0.373. The molecule has 2 N–H and O–H groups in total. The fourth-order valence-electron chi connectivity index (χ4n) is 1.34. The van der Waals surface area contributed by atoms with Gasteiger partial charge in [0.15, 0.2) is 0 Å². The van der Waals surface area contributed by atoms with E-state index in [9.17, 15) is 5.11 Å². The van der Waals surface area contributed by atoms with E-state index in [0.717, 1.165) is 19.4 Å². The summed E-state index contributed by atoms with van der Waals surface area (Å²) in [6.07, 6.45) is 1.86. The molecule has 0 fully saturated rings. The Morgan fingerprint density at radius 2 is 2.00 bits per heavy atom. The Bertz CT molecular complexity index is 102. The Labute approximate surface area is 70.0 Å². The lowest BCUT2D eigenvalue weighted by molar-refractivity contribution is -0.00522. The molecule has 0 heterocycles. The molecule has 2 heteroatoms. The SMILES string of the molecule is CCC(CNC)C(C)(O)CC. The molecule has 0 aliphatic carbocycles. The highest BCUT2D eigenvalue weighted by molar-refractivity contribution is 4.80. The van der Waals surface area contributed by atoms with Gasteiger partial charge >= 0.3 is 0 Å². The third-order valence-electron chi connectivity index (χ3n) is 2.54. The van der Waals surface area contributed by atoms with Crippen molar-refractivity contribution in [2.45, 2.75) is 39.2 Å². The molecule has 0 aromatic heterocycles. The summed E-state index contributed by atoms with van der Waals surface area (Å²) in [5.41, 5.74) is -0.502. The number of hydrogen-bond acceptors (Lipinski definition) is 2. The van der Waals surface area contributed by atoms with Crippen LogP contribution in [0.2, 0.25) is 0 Å². The van der Waals surface area contributed by atoms with E-state index in [1.807, 2.05) is 20.9 Å². The summed E-state index contributed by atoms with van der Waals surface area (Å²) in [6.45, 7) is 6.96. The van der Waals surface area contributed by atoms with Crippen molar-refractivity contribution in [2.75, 3.05) is 13.6 Å². The van der Waals surface area contributed by atoms with Gasteiger partial charge in [-0.1, -0.05) is 13.8 Å². The van der Waals surface area contributed by atoms with Crippen molar-refractivity contribution in [3.05, 3.63) is 0 Å². The molecular weight excluding hydrogens is 138 g/mol. The molecule has 11 heavy (non-hydrogen) atoms. The van der Waals surface area contributed by atoms with Crippen LogP contribution in [-0.4, -0.2) is 24.3 Å². The second kappa shape index (κ2) is 4.73. The van der Waals surface area contributed by atoms with Gasteiger partial charge in [-0.05, 0) is 32.7 Å². The minimum Gasteiger partial charge on any atom is -0.390 e. The van der Waals surface area contributed by atoms with Gasteiger partial charge in [0, 0.05) is 6.54 Å². The summed E-state index contributed by atoms with van der Waals surface area (Å²) in [4.78, 5) is 0. The average molecular weight is 159 g/mol. The third kappa shape index (κ3) is 3.21. The van der Waals surface area contributed by atoms with Crippen LogP contribution in [0.4, 0.5) is 0 Å². The van der Waals surface area contributed by atoms with Crippen LogP contribution in [0, 0.1) is 5.92 Å². The number of nitrogens with one attached hydrogen (secondary N) is 1. The summed E-state index contributed by atoms with van der Waals surface area (Å²) in [5.74, 6) is 0.373. The molecule has 2 nitrogen and oxygen atoms in total. The monoisotopic (exact) mass is 159 g/mol. The van der Waals surface area contributed by atoms with Gasteiger partial charge in [-0.3, -0.25) is 0 Å². The Morgan fingerprint density at radius 1 is 1.45 bits per heavy atom. The van der Waals surface area contributed by atoms with Crippen LogP contribution >= 0.6 is 0 Å². The van der Waals surface area contributed by atoms with Crippen molar-refractivity contribution < 1.29 is 5.11 Å². The van der Waals surface area contributed by atoms with Gasteiger partial charge in [-0.25, -0.2) is 0 Å². The van der Waals surface area contributed by atoms with Crippen LogP contribution in [0.25, 0.3) is 0 Å². The maximum atomic E-state index is 9.87.